The van der Waals surface area contributed by atoms with Gasteiger partial charge < -0.3 is 4.90 Å². The number of rotatable bonds is 4. The summed E-state index contributed by atoms with van der Waals surface area (Å²) in [4.78, 5) is 10.4. The molecule has 0 aromatic rings. The minimum absolute atomic E-state index is 0.107. The Morgan fingerprint density at radius 2 is 2.00 bits per heavy atom. The van der Waals surface area contributed by atoms with E-state index in [1.165, 1.54) is 0 Å². The molecule has 0 N–H and O–H groups in total. The molecule has 62 valence electrons. The van der Waals surface area contributed by atoms with Crippen LogP contribution in [0.5, 0.6) is 0 Å². The second kappa shape index (κ2) is 3.16. The standard InChI is InChI=1S/C8H15N3/c1-4-8(9-7-10-8)5-6-11(2)3/h4-6H2,1-3H3. The van der Waals surface area contributed by atoms with E-state index in [9.17, 15) is 0 Å². The predicted molar refractivity (Wildman–Crippen MR) is 46.1 cm³/mol. The number of hydrogen-bond acceptors (Lipinski definition) is 3. The molecule has 3 nitrogen and oxygen atoms in total. The highest BCUT2D eigenvalue weighted by atomic mass is 15.2. The molecule has 0 aliphatic carbocycles. The SMILES string of the molecule is CCC1(CCN(C)C)N=C=N1. The molecule has 0 aromatic heterocycles. The van der Waals surface area contributed by atoms with E-state index in [1.807, 2.05) is 0 Å². The summed E-state index contributed by atoms with van der Waals surface area (Å²) in [5.41, 5.74) is -0.107. The molecule has 0 atom stereocenters. The molecule has 0 amide bonds. The molecule has 0 saturated heterocycles. The van der Waals surface area contributed by atoms with E-state index < -0.39 is 0 Å². The Morgan fingerprint density at radius 3 is 2.27 bits per heavy atom. The van der Waals surface area contributed by atoms with Gasteiger partial charge in [-0.25, -0.2) is 0 Å². The molecule has 0 radical (unpaired) electrons. The van der Waals surface area contributed by atoms with E-state index >= 15 is 0 Å². The van der Waals surface area contributed by atoms with Gasteiger partial charge in [-0.3, -0.25) is 0 Å². The average Bonchev–Trinajstić information content (AvgIpc) is 1.86. The van der Waals surface area contributed by atoms with Crippen LogP contribution >= 0.6 is 0 Å². The molecule has 0 aromatic carbocycles. The maximum absolute atomic E-state index is 4.15. The molecule has 1 aliphatic heterocycles. The van der Waals surface area contributed by atoms with Gasteiger partial charge in [-0.1, -0.05) is 6.92 Å². The Labute approximate surface area is 67.8 Å². The summed E-state index contributed by atoms with van der Waals surface area (Å²) in [7, 11) is 4.13. The summed E-state index contributed by atoms with van der Waals surface area (Å²) in [6.45, 7) is 3.16. The third kappa shape index (κ3) is 1.88. The highest BCUT2D eigenvalue weighted by molar-refractivity contribution is 5.49. The van der Waals surface area contributed by atoms with Crippen molar-refractivity contribution in [2.75, 3.05) is 20.6 Å². The van der Waals surface area contributed by atoms with Gasteiger partial charge >= 0.3 is 0 Å². The first kappa shape index (κ1) is 8.44. The topological polar surface area (TPSA) is 28.0 Å². The lowest BCUT2D eigenvalue weighted by atomic mass is 10.0. The van der Waals surface area contributed by atoms with Crippen LogP contribution in [0.3, 0.4) is 0 Å². The summed E-state index contributed by atoms with van der Waals surface area (Å²) in [6.07, 6.45) is 2.01. The monoisotopic (exact) mass is 153 g/mol. The van der Waals surface area contributed by atoms with Crippen LogP contribution in [0.4, 0.5) is 0 Å². The number of aliphatic imine (C=N–C) groups is 2. The van der Waals surface area contributed by atoms with Crippen molar-refractivity contribution >= 4 is 6.01 Å². The van der Waals surface area contributed by atoms with Gasteiger partial charge in [0.15, 0.2) is 5.66 Å². The van der Waals surface area contributed by atoms with Crippen molar-refractivity contribution in [1.82, 2.24) is 4.90 Å². The van der Waals surface area contributed by atoms with Crippen molar-refractivity contribution in [2.24, 2.45) is 9.98 Å². The molecule has 1 aliphatic rings. The highest BCUT2D eigenvalue weighted by Crippen LogP contribution is 2.25. The zero-order valence-corrected chi connectivity index (χ0v) is 7.46. The molecule has 0 unspecified atom stereocenters. The fraction of sp³-hybridized carbons (Fsp3) is 0.875. The van der Waals surface area contributed by atoms with Gasteiger partial charge in [-0.05, 0) is 20.5 Å². The first-order valence-corrected chi connectivity index (χ1v) is 4.02. The Morgan fingerprint density at radius 1 is 1.36 bits per heavy atom. The predicted octanol–water partition coefficient (Wildman–Crippen LogP) is 1.23. The molecule has 0 saturated carbocycles. The van der Waals surface area contributed by atoms with E-state index in [-0.39, 0.29) is 5.66 Å². The van der Waals surface area contributed by atoms with E-state index in [4.69, 9.17) is 0 Å². The zero-order chi connectivity index (χ0) is 8.32. The molecular formula is C8H15N3. The van der Waals surface area contributed by atoms with Crippen molar-refractivity contribution in [3.05, 3.63) is 0 Å². The fourth-order valence-electron chi connectivity index (χ4n) is 1.04. The quantitative estimate of drug-likeness (QED) is 0.597. The Kier molecular flexibility index (Phi) is 2.42. The Balaban J connectivity index is 2.30. The second-order valence-corrected chi connectivity index (χ2v) is 3.21. The first-order valence-electron chi connectivity index (χ1n) is 4.02. The van der Waals surface area contributed by atoms with Gasteiger partial charge in [0.25, 0.3) is 0 Å². The summed E-state index contributed by atoms with van der Waals surface area (Å²) >= 11 is 0. The molecule has 3 heteroatoms. The van der Waals surface area contributed by atoms with Gasteiger partial charge in [-0.15, -0.1) is 0 Å². The normalized spacial score (nSPS) is 18.9. The maximum atomic E-state index is 4.15. The van der Waals surface area contributed by atoms with Crippen LogP contribution in [0.25, 0.3) is 0 Å². The third-order valence-electron chi connectivity index (χ3n) is 2.04. The molecular weight excluding hydrogens is 138 g/mol. The van der Waals surface area contributed by atoms with Crippen LogP contribution in [-0.4, -0.2) is 37.2 Å². The van der Waals surface area contributed by atoms with Crippen LogP contribution in [-0.2, 0) is 0 Å². The highest BCUT2D eigenvalue weighted by Gasteiger charge is 2.29. The molecule has 0 fully saturated rings. The van der Waals surface area contributed by atoms with Crippen LogP contribution in [0.1, 0.15) is 19.8 Å². The molecule has 11 heavy (non-hydrogen) atoms. The lowest BCUT2D eigenvalue weighted by molar-refractivity contribution is 0.307. The Bertz CT molecular complexity index is 182. The second-order valence-electron chi connectivity index (χ2n) is 3.21. The lowest BCUT2D eigenvalue weighted by Crippen LogP contribution is -2.31. The van der Waals surface area contributed by atoms with Crippen LogP contribution in [0.15, 0.2) is 9.98 Å². The minimum Gasteiger partial charge on any atom is -0.309 e. The van der Waals surface area contributed by atoms with Crippen molar-refractivity contribution in [3.63, 3.8) is 0 Å². The van der Waals surface area contributed by atoms with Gasteiger partial charge in [-0.2, -0.15) is 9.98 Å². The van der Waals surface area contributed by atoms with Crippen LogP contribution in [0.2, 0.25) is 0 Å². The molecule has 1 heterocycles. The third-order valence-corrected chi connectivity index (χ3v) is 2.04. The van der Waals surface area contributed by atoms with Crippen molar-refractivity contribution in [2.45, 2.75) is 25.4 Å². The van der Waals surface area contributed by atoms with Crippen molar-refractivity contribution in [1.29, 1.82) is 0 Å². The van der Waals surface area contributed by atoms with E-state index in [0.717, 1.165) is 19.4 Å². The summed E-state index contributed by atoms with van der Waals surface area (Å²) in [5, 5.41) is 0. The lowest BCUT2D eigenvalue weighted by Gasteiger charge is -2.26. The van der Waals surface area contributed by atoms with E-state index in [2.05, 4.69) is 41.9 Å². The fourth-order valence-corrected chi connectivity index (χ4v) is 1.04. The summed E-state index contributed by atoms with van der Waals surface area (Å²) in [5.74, 6) is 0. The first-order chi connectivity index (χ1) is 5.18. The Hall–Kier alpha value is -0.660. The average molecular weight is 153 g/mol. The van der Waals surface area contributed by atoms with Crippen LogP contribution in [0, 0.1) is 0 Å². The number of nitrogens with zero attached hydrogens (tertiary/aromatic N) is 3. The van der Waals surface area contributed by atoms with E-state index in [1.54, 1.807) is 0 Å². The molecule has 1 rings (SSSR count). The summed E-state index contributed by atoms with van der Waals surface area (Å²) < 4.78 is 0. The largest absolute Gasteiger partial charge is 0.309 e. The van der Waals surface area contributed by atoms with E-state index in [0.29, 0.717) is 0 Å². The molecule has 0 bridgehead atoms. The van der Waals surface area contributed by atoms with Gasteiger partial charge in [0.2, 0.25) is 0 Å². The van der Waals surface area contributed by atoms with Crippen molar-refractivity contribution in [3.8, 4) is 0 Å². The van der Waals surface area contributed by atoms with Gasteiger partial charge in [0.1, 0.15) is 0 Å². The smallest absolute Gasteiger partial charge is 0.172 e. The van der Waals surface area contributed by atoms with Gasteiger partial charge in [0, 0.05) is 13.0 Å². The minimum atomic E-state index is -0.107. The van der Waals surface area contributed by atoms with Gasteiger partial charge in [0.05, 0.1) is 6.01 Å². The molecule has 0 spiro atoms. The summed E-state index contributed by atoms with van der Waals surface area (Å²) in [6, 6.07) is 2.61. The van der Waals surface area contributed by atoms with Crippen molar-refractivity contribution < 1.29 is 0 Å². The zero-order valence-electron chi connectivity index (χ0n) is 7.46. The maximum Gasteiger partial charge on any atom is 0.172 e. The van der Waals surface area contributed by atoms with Crippen LogP contribution < -0.4 is 0 Å². The number of hydrogen-bond donors (Lipinski definition) is 0.